The monoisotopic (exact) mass is 232 g/mol. The van der Waals surface area contributed by atoms with E-state index in [4.69, 9.17) is 9.78 Å². The Hall–Kier alpha value is -2.23. The second kappa shape index (κ2) is 4.74. The SMILES string of the molecule is CC(C)Cc1noc(Cn2cnc(C#N)n2)n1. The highest BCUT2D eigenvalue weighted by molar-refractivity contribution is 5.05. The molecule has 0 saturated heterocycles. The standard InChI is InChI=1S/C10H12N6O/c1-7(2)3-8-13-10(17-15-8)5-16-6-12-9(4-11)14-16/h6-7H,3,5H2,1-2H3. The van der Waals surface area contributed by atoms with Crippen LogP contribution in [0.4, 0.5) is 0 Å². The summed E-state index contributed by atoms with van der Waals surface area (Å²) in [5.41, 5.74) is 0. The van der Waals surface area contributed by atoms with Crippen molar-refractivity contribution in [1.29, 1.82) is 5.26 Å². The molecule has 0 radical (unpaired) electrons. The summed E-state index contributed by atoms with van der Waals surface area (Å²) in [5.74, 6) is 1.77. The predicted octanol–water partition coefficient (Wildman–Crippen LogP) is 0.780. The Morgan fingerprint density at radius 1 is 1.53 bits per heavy atom. The van der Waals surface area contributed by atoms with Crippen LogP contribution in [-0.4, -0.2) is 24.9 Å². The third kappa shape index (κ3) is 2.87. The first-order valence-corrected chi connectivity index (χ1v) is 5.28. The van der Waals surface area contributed by atoms with Gasteiger partial charge in [0.15, 0.2) is 5.82 Å². The van der Waals surface area contributed by atoms with Crippen LogP contribution in [0.2, 0.25) is 0 Å². The second-order valence-corrected chi connectivity index (χ2v) is 4.08. The quantitative estimate of drug-likeness (QED) is 0.773. The van der Waals surface area contributed by atoms with Gasteiger partial charge < -0.3 is 4.52 Å². The Bertz CT molecular complexity index is 535. The summed E-state index contributed by atoms with van der Waals surface area (Å²) in [5, 5.41) is 16.4. The molecule has 0 amide bonds. The predicted molar refractivity (Wildman–Crippen MR) is 56.7 cm³/mol. The fourth-order valence-corrected chi connectivity index (χ4v) is 1.36. The first kappa shape index (κ1) is 11.3. The molecule has 2 heterocycles. The van der Waals surface area contributed by atoms with Gasteiger partial charge in [0.25, 0.3) is 5.82 Å². The van der Waals surface area contributed by atoms with Crippen LogP contribution in [-0.2, 0) is 13.0 Å². The summed E-state index contributed by atoms with van der Waals surface area (Å²) in [7, 11) is 0. The van der Waals surface area contributed by atoms with Crippen LogP contribution in [0.5, 0.6) is 0 Å². The molecule has 0 aliphatic rings. The zero-order valence-electron chi connectivity index (χ0n) is 9.66. The van der Waals surface area contributed by atoms with E-state index in [9.17, 15) is 0 Å². The van der Waals surface area contributed by atoms with Crippen molar-refractivity contribution < 1.29 is 4.52 Å². The second-order valence-electron chi connectivity index (χ2n) is 4.08. The number of hydrogen-bond acceptors (Lipinski definition) is 6. The van der Waals surface area contributed by atoms with E-state index in [-0.39, 0.29) is 5.82 Å². The van der Waals surface area contributed by atoms with Gasteiger partial charge in [0.05, 0.1) is 0 Å². The van der Waals surface area contributed by atoms with E-state index in [1.165, 1.54) is 11.0 Å². The molecule has 0 aliphatic carbocycles. The largest absolute Gasteiger partial charge is 0.337 e. The van der Waals surface area contributed by atoms with Gasteiger partial charge in [-0.1, -0.05) is 19.0 Å². The van der Waals surface area contributed by atoms with Gasteiger partial charge in [-0.25, -0.2) is 9.67 Å². The maximum Gasteiger partial charge on any atom is 0.252 e. The molecule has 0 N–H and O–H groups in total. The molecule has 0 atom stereocenters. The summed E-state index contributed by atoms with van der Waals surface area (Å²) < 4.78 is 6.57. The third-order valence-electron chi connectivity index (χ3n) is 2.03. The molecule has 0 aromatic carbocycles. The average molecular weight is 232 g/mol. The molecule has 0 aliphatic heterocycles. The Morgan fingerprint density at radius 3 is 3.00 bits per heavy atom. The molecule has 2 rings (SSSR count). The van der Waals surface area contributed by atoms with Gasteiger partial charge in [-0.05, 0) is 5.92 Å². The zero-order chi connectivity index (χ0) is 12.3. The Labute approximate surface area is 98.1 Å². The molecule has 17 heavy (non-hydrogen) atoms. The molecule has 0 bridgehead atoms. The fraction of sp³-hybridized carbons (Fsp3) is 0.500. The Morgan fingerprint density at radius 2 is 2.35 bits per heavy atom. The highest BCUT2D eigenvalue weighted by Crippen LogP contribution is 2.05. The first-order chi connectivity index (χ1) is 8.17. The lowest BCUT2D eigenvalue weighted by molar-refractivity contribution is 0.359. The Kier molecular flexibility index (Phi) is 3.14. The Balaban J connectivity index is 2.04. The molecule has 0 saturated carbocycles. The van der Waals surface area contributed by atoms with Crippen molar-refractivity contribution in [2.75, 3.05) is 0 Å². The van der Waals surface area contributed by atoms with Gasteiger partial charge in [-0.15, -0.1) is 5.10 Å². The van der Waals surface area contributed by atoms with E-state index in [2.05, 4.69) is 34.1 Å². The first-order valence-electron chi connectivity index (χ1n) is 5.28. The van der Waals surface area contributed by atoms with Gasteiger partial charge >= 0.3 is 0 Å². The minimum Gasteiger partial charge on any atom is -0.337 e. The van der Waals surface area contributed by atoms with Crippen LogP contribution >= 0.6 is 0 Å². The molecule has 7 heteroatoms. The van der Waals surface area contributed by atoms with Crippen molar-refractivity contribution in [2.24, 2.45) is 5.92 Å². The third-order valence-corrected chi connectivity index (χ3v) is 2.03. The summed E-state index contributed by atoms with van der Waals surface area (Å²) in [4.78, 5) is 8.02. The lowest BCUT2D eigenvalue weighted by atomic mass is 10.1. The molecule has 2 aromatic rings. The molecular weight excluding hydrogens is 220 g/mol. The van der Waals surface area contributed by atoms with E-state index in [0.717, 1.165) is 6.42 Å². The van der Waals surface area contributed by atoms with Crippen molar-refractivity contribution in [3.8, 4) is 6.07 Å². The van der Waals surface area contributed by atoms with Crippen molar-refractivity contribution in [1.82, 2.24) is 24.9 Å². The minimum absolute atomic E-state index is 0.131. The van der Waals surface area contributed by atoms with E-state index in [1.807, 2.05) is 6.07 Å². The number of nitrogens with zero attached hydrogens (tertiary/aromatic N) is 6. The number of nitriles is 1. The van der Waals surface area contributed by atoms with Crippen molar-refractivity contribution in [3.63, 3.8) is 0 Å². The van der Waals surface area contributed by atoms with E-state index in [1.54, 1.807) is 0 Å². The molecule has 0 spiro atoms. The van der Waals surface area contributed by atoms with Crippen molar-refractivity contribution in [2.45, 2.75) is 26.8 Å². The molecule has 0 unspecified atom stereocenters. The van der Waals surface area contributed by atoms with Crippen LogP contribution in [0.25, 0.3) is 0 Å². The zero-order valence-corrected chi connectivity index (χ0v) is 9.66. The summed E-state index contributed by atoms with van der Waals surface area (Å²) in [6.45, 7) is 4.51. The molecular formula is C10H12N6O. The van der Waals surface area contributed by atoms with Crippen LogP contribution in [0.1, 0.15) is 31.4 Å². The van der Waals surface area contributed by atoms with Gasteiger partial charge in [0.1, 0.15) is 18.9 Å². The topological polar surface area (TPSA) is 93.4 Å². The maximum absolute atomic E-state index is 8.58. The van der Waals surface area contributed by atoms with Crippen molar-refractivity contribution in [3.05, 3.63) is 23.9 Å². The van der Waals surface area contributed by atoms with E-state index in [0.29, 0.717) is 24.2 Å². The average Bonchev–Trinajstić information content (AvgIpc) is 2.88. The molecule has 88 valence electrons. The maximum atomic E-state index is 8.58. The van der Waals surface area contributed by atoms with Gasteiger partial charge in [-0.3, -0.25) is 0 Å². The minimum atomic E-state index is 0.131. The highest BCUT2D eigenvalue weighted by Gasteiger charge is 2.09. The molecule has 2 aromatic heterocycles. The van der Waals surface area contributed by atoms with E-state index >= 15 is 0 Å². The number of aromatic nitrogens is 5. The molecule has 7 nitrogen and oxygen atoms in total. The summed E-state index contributed by atoms with van der Waals surface area (Å²) in [6.07, 6.45) is 2.25. The van der Waals surface area contributed by atoms with Crippen LogP contribution in [0.3, 0.4) is 0 Å². The smallest absolute Gasteiger partial charge is 0.252 e. The normalized spacial score (nSPS) is 10.7. The lowest BCUT2D eigenvalue weighted by Gasteiger charge is -1.96. The summed E-state index contributed by atoms with van der Waals surface area (Å²) in [6, 6.07) is 1.85. The number of rotatable bonds is 4. The summed E-state index contributed by atoms with van der Waals surface area (Å²) >= 11 is 0. The van der Waals surface area contributed by atoms with Crippen molar-refractivity contribution >= 4 is 0 Å². The van der Waals surface area contributed by atoms with Gasteiger partial charge in [-0.2, -0.15) is 10.2 Å². The van der Waals surface area contributed by atoms with E-state index < -0.39 is 0 Å². The molecule has 0 fully saturated rings. The van der Waals surface area contributed by atoms with Crippen LogP contribution in [0.15, 0.2) is 10.9 Å². The highest BCUT2D eigenvalue weighted by atomic mass is 16.5. The van der Waals surface area contributed by atoms with Crippen LogP contribution in [0, 0.1) is 17.2 Å². The number of hydrogen-bond donors (Lipinski definition) is 0. The van der Waals surface area contributed by atoms with Crippen LogP contribution < -0.4 is 0 Å². The van der Waals surface area contributed by atoms with Gasteiger partial charge in [0.2, 0.25) is 5.89 Å². The van der Waals surface area contributed by atoms with Gasteiger partial charge in [0, 0.05) is 6.42 Å². The fourth-order valence-electron chi connectivity index (χ4n) is 1.36. The lowest BCUT2D eigenvalue weighted by Crippen LogP contribution is -2.01.